The lowest BCUT2D eigenvalue weighted by Gasteiger charge is -2.24. The van der Waals surface area contributed by atoms with Crippen molar-refractivity contribution in [2.75, 3.05) is 31.1 Å². The number of carboxylic acid groups (broad SMARTS) is 1. The Morgan fingerprint density at radius 2 is 1.58 bits per heavy atom. The highest BCUT2D eigenvalue weighted by Crippen LogP contribution is 2.48. The molecule has 7 nitrogen and oxygen atoms in total. The zero-order valence-electron chi connectivity index (χ0n) is 23.5. The number of rotatable bonds is 4. The molecule has 3 aliphatic heterocycles. The van der Waals surface area contributed by atoms with E-state index in [9.17, 15) is 14.3 Å². The average Bonchev–Trinajstić information content (AvgIpc) is 3.45. The van der Waals surface area contributed by atoms with Crippen molar-refractivity contribution in [3.05, 3.63) is 75.2 Å². The number of nitrogens with zero attached hydrogens (tertiary/aromatic N) is 5. The summed E-state index contributed by atoms with van der Waals surface area (Å²) >= 11 is 1.48. The molecule has 1 aliphatic carbocycles. The van der Waals surface area contributed by atoms with E-state index in [1.807, 2.05) is 24.3 Å². The first-order chi connectivity index (χ1) is 20.9. The summed E-state index contributed by atoms with van der Waals surface area (Å²) in [4.78, 5) is 17.7. The van der Waals surface area contributed by atoms with Gasteiger partial charge in [0.25, 0.3) is 0 Å². The number of hydrogen-bond acceptors (Lipinski definition) is 5. The molecule has 0 radical (unpaired) electrons. The Hall–Kier alpha value is -4.08. The van der Waals surface area contributed by atoms with Crippen LogP contribution in [-0.4, -0.2) is 32.1 Å². The van der Waals surface area contributed by atoms with Gasteiger partial charge in [-0.1, -0.05) is 24.0 Å². The second-order valence-electron chi connectivity index (χ2n) is 11.2. The molecule has 0 bridgehead atoms. The first-order valence-corrected chi connectivity index (χ1v) is 15.5. The molecule has 2 aromatic carbocycles. The van der Waals surface area contributed by atoms with Crippen molar-refractivity contribution in [3.8, 4) is 21.6 Å². The van der Waals surface area contributed by atoms with Crippen LogP contribution in [0.15, 0.2) is 41.5 Å². The molecule has 6 rings (SSSR count). The molecule has 0 aromatic heterocycles. The lowest BCUT2D eigenvalue weighted by Crippen LogP contribution is -2.30. The largest absolute Gasteiger partial charge is 0.545 e. The lowest BCUT2D eigenvalue weighted by molar-refractivity contribution is -0.255. The van der Waals surface area contributed by atoms with E-state index in [2.05, 4.69) is 19.5 Å². The molecule has 0 atom stereocenters. The fraction of sp³-hybridized carbons (Fsp3) is 0.375. The van der Waals surface area contributed by atoms with E-state index >= 15 is 8.78 Å². The number of anilines is 1. The Bertz CT molecular complexity index is 1810. The second kappa shape index (κ2) is 12.3. The van der Waals surface area contributed by atoms with Gasteiger partial charge in [0.2, 0.25) is 5.36 Å². The molecule has 0 amide bonds. The number of carbonyl (C=O) groups excluding carboxylic acids is 1. The third kappa shape index (κ3) is 5.43. The predicted molar refractivity (Wildman–Crippen MR) is 161 cm³/mol. The van der Waals surface area contributed by atoms with Crippen molar-refractivity contribution in [2.45, 2.75) is 51.4 Å². The Morgan fingerprint density at radius 3 is 2.26 bits per heavy atom. The first-order valence-electron chi connectivity index (χ1n) is 14.7. The van der Waals surface area contributed by atoms with Crippen molar-refractivity contribution in [3.63, 3.8) is 0 Å². The summed E-state index contributed by atoms with van der Waals surface area (Å²) in [6, 6.07) is 11.3. The van der Waals surface area contributed by atoms with Gasteiger partial charge in [-0.2, -0.15) is 0 Å². The molecule has 4 aliphatic rings. The number of benzene rings is 3. The maximum Gasteiger partial charge on any atom is 0.201 e. The molecule has 0 unspecified atom stereocenters. The van der Waals surface area contributed by atoms with Gasteiger partial charge in [0, 0.05) is 85.9 Å². The highest BCUT2D eigenvalue weighted by molar-refractivity contribution is 7.21. The van der Waals surface area contributed by atoms with Gasteiger partial charge < -0.3 is 14.8 Å². The minimum absolute atomic E-state index is 0.0820. The molecule has 0 N–H and O–H groups in total. The predicted octanol–water partition coefficient (Wildman–Crippen LogP) is 7.12. The summed E-state index contributed by atoms with van der Waals surface area (Å²) in [5.41, 5.74) is 7.32. The van der Waals surface area contributed by atoms with Crippen LogP contribution in [0.1, 0.15) is 61.7 Å². The fourth-order valence-corrected chi connectivity index (χ4v) is 7.55. The second-order valence-corrected chi connectivity index (χ2v) is 12.2. The smallest absolute Gasteiger partial charge is 0.201 e. The van der Waals surface area contributed by atoms with Crippen LogP contribution in [0.4, 0.5) is 24.5 Å². The Morgan fingerprint density at radius 1 is 0.884 bits per heavy atom. The van der Waals surface area contributed by atoms with Crippen molar-refractivity contribution >= 4 is 38.8 Å². The van der Waals surface area contributed by atoms with Crippen molar-refractivity contribution in [1.29, 1.82) is 0 Å². The van der Waals surface area contributed by atoms with Gasteiger partial charge >= 0.3 is 0 Å². The van der Waals surface area contributed by atoms with Gasteiger partial charge in [-0.15, -0.1) is 11.3 Å². The number of fused-ring (bicyclic) bond motifs is 2. The monoisotopic (exact) mass is 605 g/mol. The van der Waals surface area contributed by atoms with Crippen LogP contribution in [0, 0.1) is 17.5 Å². The number of hydrogen-bond donors (Lipinski definition) is 0. The third-order valence-electron chi connectivity index (χ3n) is 8.53. The molecule has 2 aromatic rings. The van der Waals surface area contributed by atoms with E-state index in [0.717, 1.165) is 98.2 Å². The van der Waals surface area contributed by atoms with Crippen molar-refractivity contribution in [2.24, 2.45) is 5.11 Å². The maximum absolute atomic E-state index is 16.1. The molecule has 3 heterocycles. The molecule has 0 spiro atoms. The molecule has 11 heteroatoms. The van der Waals surface area contributed by atoms with Crippen LogP contribution >= 0.6 is 11.3 Å². The van der Waals surface area contributed by atoms with Gasteiger partial charge in [0.05, 0.1) is 5.97 Å². The number of halogens is 3. The van der Waals surface area contributed by atoms with Crippen molar-refractivity contribution < 1.29 is 23.1 Å². The number of carbonyl (C=O) groups is 1. The van der Waals surface area contributed by atoms with Gasteiger partial charge in [0.1, 0.15) is 24.6 Å². The molecular formula is C32H30F3N5O2S. The molecule has 2 fully saturated rings. The molecular weight excluding hydrogens is 575 g/mol. The van der Waals surface area contributed by atoms with Crippen LogP contribution in [0.3, 0.4) is 0 Å². The summed E-state index contributed by atoms with van der Waals surface area (Å²) in [5, 5.41) is 16.8. The number of carboxylic acids is 1. The van der Waals surface area contributed by atoms with Crippen LogP contribution < -0.4 is 19.9 Å². The Labute approximate surface area is 250 Å². The minimum Gasteiger partial charge on any atom is -0.545 e. The zero-order valence-corrected chi connectivity index (χ0v) is 24.4. The fourth-order valence-electron chi connectivity index (χ4n) is 6.39. The van der Waals surface area contributed by atoms with Crippen molar-refractivity contribution in [1.82, 2.24) is 4.58 Å². The topological polar surface area (TPSA) is 95.1 Å². The van der Waals surface area contributed by atoms with Crippen LogP contribution in [0.25, 0.3) is 42.1 Å². The Kier molecular flexibility index (Phi) is 8.27. The van der Waals surface area contributed by atoms with E-state index < -0.39 is 40.2 Å². The van der Waals surface area contributed by atoms with Gasteiger partial charge in [-0.3, -0.25) is 0 Å². The number of azide groups is 1. The lowest BCUT2D eigenvalue weighted by atomic mass is 9.90. The zero-order chi connectivity index (χ0) is 30.1. The van der Waals surface area contributed by atoms with E-state index in [1.54, 1.807) is 12.1 Å². The van der Waals surface area contributed by atoms with Gasteiger partial charge in [-0.25, -0.2) is 17.7 Å². The van der Waals surface area contributed by atoms with Crippen LogP contribution in [0.5, 0.6) is 0 Å². The number of aromatic carboxylic acids is 1. The van der Waals surface area contributed by atoms with Crippen LogP contribution in [0.2, 0.25) is 0 Å². The minimum atomic E-state index is -2.08. The molecule has 0 saturated carbocycles. The SMILES string of the molecule is [N-]=[N+]=Nc1c(F)c(F)c(C(=O)[O-])c(-c2c3ccc(=[N+]4CCCCCC4)cc-3sc3cc(N4CCCCCC4)ccc23)c1F. The molecule has 222 valence electrons. The van der Waals surface area contributed by atoms with E-state index in [1.165, 1.54) is 11.3 Å². The quantitative estimate of drug-likeness (QED) is 0.0619. The summed E-state index contributed by atoms with van der Waals surface area (Å²) in [6.07, 6.45) is 8.93. The normalized spacial score (nSPS) is 16.2. The molecule has 2 saturated heterocycles. The summed E-state index contributed by atoms with van der Waals surface area (Å²) < 4.78 is 49.3. The van der Waals surface area contributed by atoms with Gasteiger partial charge in [-0.05, 0) is 49.4 Å². The van der Waals surface area contributed by atoms with E-state index in [-0.39, 0.29) is 5.56 Å². The third-order valence-corrected chi connectivity index (χ3v) is 9.64. The van der Waals surface area contributed by atoms with E-state index in [0.29, 0.717) is 10.9 Å². The molecule has 43 heavy (non-hydrogen) atoms. The first kappa shape index (κ1) is 29.0. The maximum atomic E-state index is 16.1. The standard InChI is InChI=1S/C32H30F3N5O2S/c33-28-27(32(41)42)26(29(34)31(30(28)35)37-38-36)25-21-11-9-19(39-13-5-1-2-6-14-39)17-23(21)43-24-18-20(10-12-22(24)25)40-15-7-3-4-8-16-40/h9-12,17-18H,1-8,13-16H2. The summed E-state index contributed by atoms with van der Waals surface area (Å²) in [7, 11) is 0. The highest BCUT2D eigenvalue weighted by atomic mass is 32.1. The van der Waals surface area contributed by atoms with Crippen LogP contribution in [-0.2, 0) is 0 Å². The average molecular weight is 606 g/mol. The summed E-state index contributed by atoms with van der Waals surface area (Å²) in [6.45, 7) is 3.60. The van der Waals surface area contributed by atoms with Gasteiger partial charge in [0.15, 0.2) is 11.6 Å². The van der Waals surface area contributed by atoms with E-state index in [4.69, 9.17) is 5.53 Å². The summed E-state index contributed by atoms with van der Waals surface area (Å²) in [5.74, 6) is -7.25. The highest BCUT2D eigenvalue weighted by Gasteiger charge is 2.30. The Balaban J connectivity index is 1.71.